The van der Waals surface area contributed by atoms with Gasteiger partial charge in [-0.2, -0.15) is 0 Å². The van der Waals surface area contributed by atoms with Crippen LogP contribution in [-0.4, -0.2) is 46.9 Å². The summed E-state index contributed by atoms with van der Waals surface area (Å²) in [6.45, 7) is 2.64. The van der Waals surface area contributed by atoms with Crippen molar-refractivity contribution in [3.05, 3.63) is 17.7 Å². The average molecular weight is 294 g/mol. The quantitative estimate of drug-likeness (QED) is 0.821. The van der Waals surface area contributed by atoms with Crippen molar-refractivity contribution in [2.24, 2.45) is 5.92 Å². The molecule has 1 aromatic carbocycles. The molecular formula is C15H22N2O4. The molecule has 2 N–H and O–H groups in total. The number of carbonyl (C=O) groups excluding carboxylic acids is 1. The Morgan fingerprint density at radius 3 is 2.38 bits per heavy atom. The lowest BCUT2D eigenvalue weighted by atomic mass is 10.1. The first-order valence-corrected chi connectivity index (χ1v) is 6.98. The SMILES string of the molecule is COc1cc(C(=O)NCC2CCNC2)cc(OC)c1OC. The predicted molar refractivity (Wildman–Crippen MR) is 79.4 cm³/mol. The maximum atomic E-state index is 12.3. The smallest absolute Gasteiger partial charge is 0.251 e. The topological polar surface area (TPSA) is 68.8 Å². The molecule has 1 saturated heterocycles. The zero-order valence-corrected chi connectivity index (χ0v) is 12.7. The lowest BCUT2D eigenvalue weighted by molar-refractivity contribution is 0.0947. The van der Waals surface area contributed by atoms with Crippen LogP contribution in [0.1, 0.15) is 16.8 Å². The number of hydrogen-bond acceptors (Lipinski definition) is 5. The molecule has 2 rings (SSSR count). The summed E-state index contributed by atoms with van der Waals surface area (Å²) in [7, 11) is 4.60. The van der Waals surface area contributed by atoms with Crippen molar-refractivity contribution in [3.8, 4) is 17.2 Å². The molecule has 1 aliphatic rings. The van der Waals surface area contributed by atoms with Gasteiger partial charge in [0.1, 0.15) is 0 Å². The molecule has 0 saturated carbocycles. The van der Waals surface area contributed by atoms with Gasteiger partial charge in [0.2, 0.25) is 5.75 Å². The summed E-state index contributed by atoms with van der Waals surface area (Å²) in [5.74, 6) is 1.79. The second-order valence-corrected chi connectivity index (χ2v) is 4.98. The van der Waals surface area contributed by atoms with E-state index in [2.05, 4.69) is 10.6 Å². The van der Waals surface area contributed by atoms with Crippen molar-refractivity contribution in [3.63, 3.8) is 0 Å². The number of ether oxygens (including phenoxy) is 3. The summed E-state index contributed by atoms with van der Waals surface area (Å²) >= 11 is 0. The van der Waals surface area contributed by atoms with Crippen LogP contribution in [0.3, 0.4) is 0 Å². The third-order valence-corrected chi connectivity index (χ3v) is 3.64. The summed E-state index contributed by atoms with van der Waals surface area (Å²) in [4.78, 5) is 12.3. The normalized spacial score (nSPS) is 17.4. The number of hydrogen-bond donors (Lipinski definition) is 2. The van der Waals surface area contributed by atoms with Crippen LogP contribution in [0.5, 0.6) is 17.2 Å². The van der Waals surface area contributed by atoms with E-state index >= 15 is 0 Å². The third kappa shape index (κ3) is 3.58. The number of nitrogens with one attached hydrogen (secondary N) is 2. The van der Waals surface area contributed by atoms with E-state index in [0.717, 1.165) is 19.5 Å². The molecule has 0 aromatic heterocycles. The molecule has 1 unspecified atom stereocenters. The van der Waals surface area contributed by atoms with Crippen molar-refractivity contribution in [1.82, 2.24) is 10.6 Å². The number of rotatable bonds is 6. The van der Waals surface area contributed by atoms with Gasteiger partial charge in [-0.05, 0) is 37.6 Å². The Labute approximate surface area is 124 Å². The standard InChI is InChI=1S/C15H22N2O4/c1-19-12-6-11(7-13(20-2)14(12)21-3)15(18)17-9-10-4-5-16-8-10/h6-7,10,16H,4-5,8-9H2,1-3H3,(H,17,18). The second kappa shape index (κ2) is 7.17. The van der Waals surface area contributed by atoms with Gasteiger partial charge in [-0.15, -0.1) is 0 Å². The number of amides is 1. The molecule has 0 spiro atoms. The molecular weight excluding hydrogens is 272 g/mol. The number of benzene rings is 1. The van der Waals surface area contributed by atoms with Crippen LogP contribution in [0, 0.1) is 5.92 Å². The van der Waals surface area contributed by atoms with Gasteiger partial charge in [0.05, 0.1) is 21.3 Å². The molecule has 0 radical (unpaired) electrons. The Morgan fingerprint density at radius 2 is 1.90 bits per heavy atom. The summed E-state index contributed by atoms with van der Waals surface area (Å²) in [6.07, 6.45) is 1.09. The Balaban J connectivity index is 2.12. The van der Waals surface area contributed by atoms with Crippen LogP contribution in [0.15, 0.2) is 12.1 Å². The van der Waals surface area contributed by atoms with Crippen LogP contribution >= 0.6 is 0 Å². The van der Waals surface area contributed by atoms with Gasteiger partial charge < -0.3 is 24.8 Å². The fourth-order valence-electron chi connectivity index (χ4n) is 2.44. The molecule has 0 bridgehead atoms. The summed E-state index contributed by atoms with van der Waals surface area (Å²) in [5.41, 5.74) is 0.496. The van der Waals surface area contributed by atoms with Gasteiger partial charge in [0, 0.05) is 12.1 Å². The van der Waals surface area contributed by atoms with Gasteiger partial charge in [0.25, 0.3) is 5.91 Å². The lowest BCUT2D eigenvalue weighted by Gasteiger charge is -2.15. The summed E-state index contributed by atoms with van der Waals surface area (Å²) in [6, 6.07) is 3.31. The van der Waals surface area contributed by atoms with Crippen molar-refractivity contribution >= 4 is 5.91 Å². The van der Waals surface area contributed by atoms with Crippen molar-refractivity contribution in [2.75, 3.05) is 41.0 Å². The Hall–Kier alpha value is -1.95. The molecule has 1 heterocycles. The highest BCUT2D eigenvalue weighted by atomic mass is 16.5. The largest absolute Gasteiger partial charge is 0.493 e. The van der Waals surface area contributed by atoms with Crippen molar-refractivity contribution in [1.29, 1.82) is 0 Å². The van der Waals surface area contributed by atoms with Gasteiger partial charge in [-0.1, -0.05) is 0 Å². The predicted octanol–water partition coefficient (Wildman–Crippen LogP) is 1.05. The van der Waals surface area contributed by atoms with E-state index in [4.69, 9.17) is 14.2 Å². The Morgan fingerprint density at radius 1 is 1.24 bits per heavy atom. The van der Waals surface area contributed by atoms with Crippen molar-refractivity contribution < 1.29 is 19.0 Å². The van der Waals surface area contributed by atoms with E-state index in [1.807, 2.05) is 0 Å². The van der Waals surface area contributed by atoms with E-state index in [0.29, 0.717) is 35.3 Å². The highest BCUT2D eigenvalue weighted by Gasteiger charge is 2.19. The molecule has 0 aliphatic carbocycles. The molecule has 1 amide bonds. The molecule has 116 valence electrons. The second-order valence-electron chi connectivity index (χ2n) is 4.98. The highest BCUT2D eigenvalue weighted by Crippen LogP contribution is 2.38. The average Bonchev–Trinajstić information content (AvgIpc) is 3.04. The Kier molecular flexibility index (Phi) is 5.27. The minimum absolute atomic E-state index is 0.138. The highest BCUT2D eigenvalue weighted by molar-refractivity contribution is 5.95. The van der Waals surface area contributed by atoms with Crippen LogP contribution < -0.4 is 24.8 Å². The number of carbonyl (C=O) groups is 1. The van der Waals surface area contributed by atoms with Gasteiger partial charge in [-0.25, -0.2) is 0 Å². The molecule has 1 aromatic rings. The van der Waals surface area contributed by atoms with E-state index < -0.39 is 0 Å². The van der Waals surface area contributed by atoms with Gasteiger partial charge in [-0.3, -0.25) is 4.79 Å². The monoisotopic (exact) mass is 294 g/mol. The summed E-state index contributed by atoms with van der Waals surface area (Å²) < 4.78 is 15.7. The molecule has 21 heavy (non-hydrogen) atoms. The zero-order valence-electron chi connectivity index (χ0n) is 12.7. The lowest BCUT2D eigenvalue weighted by Crippen LogP contribution is -2.30. The van der Waals surface area contributed by atoms with Gasteiger partial charge in [0.15, 0.2) is 11.5 Å². The van der Waals surface area contributed by atoms with Crippen LogP contribution in [0.2, 0.25) is 0 Å². The van der Waals surface area contributed by atoms with E-state index in [1.54, 1.807) is 12.1 Å². The van der Waals surface area contributed by atoms with Crippen LogP contribution in [-0.2, 0) is 0 Å². The molecule has 6 nitrogen and oxygen atoms in total. The maximum Gasteiger partial charge on any atom is 0.251 e. The molecule has 6 heteroatoms. The van der Waals surface area contributed by atoms with Crippen molar-refractivity contribution in [2.45, 2.75) is 6.42 Å². The van der Waals surface area contributed by atoms with Crippen LogP contribution in [0.4, 0.5) is 0 Å². The Bertz CT molecular complexity index is 473. The van der Waals surface area contributed by atoms with E-state index in [-0.39, 0.29) is 5.91 Å². The fourth-order valence-corrected chi connectivity index (χ4v) is 2.44. The van der Waals surface area contributed by atoms with E-state index in [1.165, 1.54) is 21.3 Å². The minimum atomic E-state index is -0.138. The first-order valence-electron chi connectivity index (χ1n) is 6.98. The molecule has 1 aliphatic heterocycles. The zero-order chi connectivity index (χ0) is 15.2. The first kappa shape index (κ1) is 15.4. The number of methoxy groups -OCH3 is 3. The third-order valence-electron chi connectivity index (χ3n) is 3.64. The maximum absolute atomic E-state index is 12.3. The summed E-state index contributed by atoms with van der Waals surface area (Å²) in [5, 5.41) is 6.23. The van der Waals surface area contributed by atoms with Gasteiger partial charge >= 0.3 is 0 Å². The molecule has 1 atom stereocenters. The first-order chi connectivity index (χ1) is 10.2. The fraction of sp³-hybridized carbons (Fsp3) is 0.533. The minimum Gasteiger partial charge on any atom is -0.493 e. The molecule has 1 fully saturated rings. The van der Waals surface area contributed by atoms with Crippen LogP contribution in [0.25, 0.3) is 0 Å². The van der Waals surface area contributed by atoms with E-state index in [9.17, 15) is 4.79 Å².